The molecule has 2 aliphatic rings. The molecule has 3 aromatic rings. The summed E-state index contributed by atoms with van der Waals surface area (Å²) in [6.07, 6.45) is 10.8. The molecule has 2 aromatic carbocycles. The molecule has 2 amide bonds. The zero-order valence-electron chi connectivity index (χ0n) is 24.6. The number of aromatic nitrogens is 2. The Kier molecular flexibility index (Phi) is 9.65. The summed E-state index contributed by atoms with van der Waals surface area (Å²) in [5.74, 6) is 0.717. The van der Waals surface area contributed by atoms with E-state index in [4.69, 9.17) is 9.97 Å². The quantitative estimate of drug-likeness (QED) is 0.377. The average molecular weight is 554 g/mol. The van der Waals surface area contributed by atoms with Crippen molar-refractivity contribution in [3.8, 4) is 0 Å². The average Bonchev–Trinajstić information content (AvgIpc) is 3.01. The van der Waals surface area contributed by atoms with Crippen LogP contribution in [0.25, 0.3) is 0 Å². The summed E-state index contributed by atoms with van der Waals surface area (Å²) < 4.78 is 0. The first-order chi connectivity index (χ1) is 20.0. The van der Waals surface area contributed by atoms with Crippen LogP contribution in [0.4, 0.5) is 11.6 Å². The van der Waals surface area contributed by atoms with Gasteiger partial charge >= 0.3 is 0 Å². The van der Waals surface area contributed by atoms with Gasteiger partial charge in [0.2, 0.25) is 11.9 Å². The largest absolute Gasteiger partial charge is 0.336 e. The lowest BCUT2D eigenvalue weighted by Crippen LogP contribution is -2.35. The van der Waals surface area contributed by atoms with E-state index in [1.165, 1.54) is 11.1 Å². The van der Waals surface area contributed by atoms with Crippen LogP contribution in [0.15, 0.2) is 54.7 Å². The van der Waals surface area contributed by atoms with Crippen molar-refractivity contribution in [3.63, 3.8) is 0 Å². The lowest BCUT2D eigenvalue weighted by molar-refractivity contribution is -0.116. The molecule has 7 heteroatoms. The van der Waals surface area contributed by atoms with Gasteiger partial charge in [0.15, 0.2) is 0 Å². The van der Waals surface area contributed by atoms with E-state index in [-0.39, 0.29) is 11.8 Å². The van der Waals surface area contributed by atoms with Crippen molar-refractivity contribution in [2.75, 3.05) is 29.4 Å². The van der Waals surface area contributed by atoms with Crippen LogP contribution < -0.4 is 9.80 Å². The summed E-state index contributed by atoms with van der Waals surface area (Å²) in [4.78, 5) is 42.6. The predicted molar refractivity (Wildman–Crippen MR) is 164 cm³/mol. The smallest absolute Gasteiger partial charge is 0.257 e. The maximum Gasteiger partial charge on any atom is 0.257 e. The molecule has 0 N–H and O–H groups in total. The first kappa shape index (κ1) is 28.8. The van der Waals surface area contributed by atoms with Crippen molar-refractivity contribution >= 4 is 23.5 Å². The Bertz CT molecular complexity index is 1360. The number of fused-ring (bicyclic) bond motifs is 2. The normalized spacial score (nSPS) is 16.6. The molecule has 1 aromatic heterocycles. The van der Waals surface area contributed by atoms with E-state index in [9.17, 15) is 9.59 Å². The highest BCUT2D eigenvalue weighted by molar-refractivity contribution is 5.96. The molecule has 0 fully saturated rings. The molecular formula is C34H43N5O2. The SMILES string of the molecule is CCCc1nc(N2CCc3ccccc3C2)ncc1C(=O)N1CCCCCCCCN(C(C)=O)c2ccccc2C1. The monoisotopic (exact) mass is 553 g/mol. The number of amides is 2. The van der Waals surface area contributed by atoms with Gasteiger partial charge < -0.3 is 14.7 Å². The molecular weight excluding hydrogens is 510 g/mol. The number of hydrogen-bond donors (Lipinski definition) is 0. The van der Waals surface area contributed by atoms with Gasteiger partial charge in [-0.25, -0.2) is 9.97 Å². The molecule has 0 atom stereocenters. The Labute approximate surface area is 244 Å². The lowest BCUT2D eigenvalue weighted by Gasteiger charge is -2.30. The fourth-order valence-corrected chi connectivity index (χ4v) is 6.09. The third-order valence-electron chi connectivity index (χ3n) is 8.36. The van der Waals surface area contributed by atoms with Crippen molar-refractivity contribution in [2.45, 2.75) is 84.7 Å². The van der Waals surface area contributed by atoms with E-state index in [1.807, 2.05) is 34.1 Å². The molecule has 41 heavy (non-hydrogen) atoms. The molecule has 0 bridgehead atoms. The van der Waals surface area contributed by atoms with Crippen molar-refractivity contribution in [1.29, 1.82) is 0 Å². The highest BCUT2D eigenvalue weighted by atomic mass is 16.2. The number of nitrogens with zero attached hydrogens (tertiary/aromatic N) is 5. The fraction of sp³-hybridized carbons (Fsp3) is 0.471. The van der Waals surface area contributed by atoms with Gasteiger partial charge in [-0.2, -0.15) is 0 Å². The van der Waals surface area contributed by atoms with Gasteiger partial charge in [-0.1, -0.05) is 81.5 Å². The molecule has 0 saturated carbocycles. The Balaban J connectivity index is 1.44. The van der Waals surface area contributed by atoms with Crippen LogP contribution >= 0.6 is 0 Å². The highest BCUT2D eigenvalue weighted by Gasteiger charge is 2.25. The number of carbonyl (C=O) groups excluding carboxylic acids is 2. The van der Waals surface area contributed by atoms with Crippen LogP contribution in [0.2, 0.25) is 0 Å². The standard InChI is InChI=1S/C34H43N5O2/c1-3-14-31-30(23-35-34(36-31)38-22-19-27-15-8-9-16-28(27)24-38)33(41)37-20-12-6-4-5-7-13-21-39(26(2)40)32-18-11-10-17-29(32)25-37/h8-11,15-18,23H,3-7,12-14,19-22,24-25H2,1-2H3. The molecule has 0 radical (unpaired) electrons. The topological polar surface area (TPSA) is 69.6 Å². The van der Waals surface area contributed by atoms with Crippen LogP contribution in [-0.2, 0) is 30.7 Å². The van der Waals surface area contributed by atoms with Crippen molar-refractivity contribution in [3.05, 3.63) is 82.7 Å². The summed E-state index contributed by atoms with van der Waals surface area (Å²) in [5.41, 5.74) is 6.02. The molecule has 0 aliphatic carbocycles. The molecule has 0 unspecified atom stereocenters. The van der Waals surface area contributed by atoms with Gasteiger partial charge in [0.1, 0.15) is 0 Å². The molecule has 7 nitrogen and oxygen atoms in total. The van der Waals surface area contributed by atoms with Gasteiger partial charge in [-0.3, -0.25) is 9.59 Å². The minimum absolute atomic E-state index is 0.0250. The fourth-order valence-electron chi connectivity index (χ4n) is 6.09. The number of hydrogen-bond acceptors (Lipinski definition) is 5. The highest BCUT2D eigenvalue weighted by Crippen LogP contribution is 2.27. The number of rotatable bonds is 4. The van der Waals surface area contributed by atoms with Crippen LogP contribution in [0.3, 0.4) is 0 Å². The first-order valence-corrected chi connectivity index (χ1v) is 15.4. The van der Waals surface area contributed by atoms with Gasteiger partial charge in [0.25, 0.3) is 5.91 Å². The van der Waals surface area contributed by atoms with Crippen molar-refractivity contribution in [2.24, 2.45) is 0 Å². The third kappa shape index (κ3) is 6.95. The zero-order chi connectivity index (χ0) is 28.6. The van der Waals surface area contributed by atoms with Gasteiger partial charge in [0.05, 0.1) is 11.3 Å². The number of benzene rings is 2. The van der Waals surface area contributed by atoms with E-state index >= 15 is 0 Å². The van der Waals surface area contributed by atoms with Gasteiger partial charge in [-0.15, -0.1) is 0 Å². The van der Waals surface area contributed by atoms with Crippen molar-refractivity contribution in [1.82, 2.24) is 14.9 Å². The molecule has 216 valence electrons. The Hall–Kier alpha value is -3.74. The van der Waals surface area contributed by atoms with E-state index < -0.39 is 0 Å². The lowest BCUT2D eigenvalue weighted by atomic mass is 10.0. The van der Waals surface area contributed by atoms with E-state index in [2.05, 4.69) is 36.1 Å². The van der Waals surface area contributed by atoms with Gasteiger partial charge in [-0.05, 0) is 48.4 Å². The minimum Gasteiger partial charge on any atom is -0.336 e. The Morgan fingerprint density at radius 2 is 1.49 bits per heavy atom. The number of anilines is 2. The summed E-state index contributed by atoms with van der Waals surface area (Å²) in [7, 11) is 0. The van der Waals surface area contributed by atoms with E-state index in [1.54, 1.807) is 13.1 Å². The summed E-state index contributed by atoms with van der Waals surface area (Å²) in [6, 6.07) is 16.6. The summed E-state index contributed by atoms with van der Waals surface area (Å²) in [6.45, 7) is 7.24. The maximum absolute atomic E-state index is 14.2. The van der Waals surface area contributed by atoms with Crippen molar-refractivity contribution < 1.29 is 9.59 Å². The third-order valence-corrected chi connectivity index (χ3v) is 8.36. The molecule has 3 heterocycles. The van der Waals surface area contributed by atoms with E-state index in [0.29, 0.717) is 31.1 Å². The Morgan fingerprint density at radius 1 is 0.805 bits per heavy atom. The first-order valence-electron chi connectivity index (χ1n) is 15.4. The zero-order valence-corrected chi connectivity index (χ0v) is 24.6. The molecule has 5 rings (SSSR count). The Morgan fingerprint density at radius 3 is 2.24 bits per heavy atom. The van der Waals surface area contributed by atoms with Crippen LogP contribution in [0.1, 0.15) is 91.5 Å². The second-order valence-corrected chi connectivity index (χ2v) is 11.4. The predicted octanol–water partition coefficient (Wildman–Crippen LogP) is 6.34. The van der Waals surface area contributed by atoms with Crippen LogP contribution in [-0.4, -0.2) is 46.3 Å². The molecule has 0 spiro atoms. The van der Waals surface area contributed by atoms with Gasteiger partial charge in [0, 0.05) is 51.5 Å². The summed E-state index contributed by atoms with van der Waals surface area (Å²) in [5, 5.41) is 0. The minimum atomic E-state index is -0.0250. The summed E-state index contributed by atoms with van der Waals surface area (Å²) >= 11 is 0. The number of para-hydroxylation sites is 1. The maximum atomic E-state index is 14.2. The second-order valence-electron chi connectivity index (χ2n) is 11.4. The van der Waals surface area contributed by atoms with Crippen LogP contribution in [0.5, 0.6) is 0 Å². The number of carbonyl (C=O) groups is 2. The second kappa shape index (κ2) is 13.7. The number of aryl methyl sites for hydroxylation is 1. The van der Waals surface area contributed by atoms with Crippen LogP contribution in [0, 0.1) is 0 Å². The molecule has 2 aliphatic heterocycles. The van der Waals surface area contributed by atoms with E-state index in [0.717, 1.165) is 87.8 Å². The molecule has 0 saturated heterocycles.